The molecule has 0 saturated carbocycles. The van der Waals surface area contributed by atoms with Crippen molar-refractivity contribution in [2.45, 2.75) is 19.3 Å². The molecule has 15 rings (SSSR count). The van der Waals surface area contributed by atoms with Gasteiger partial charge in [-0.2, -0.15) is 0 Å². The molecule has 0 fully saturated rings. The van der Waals surface area contributed by atoms with Crippen LogP contribution in [0.2, 0.25) is 0 Å². The Hall–Kier alpha value is -9.84. The molecular formula is C71H46N4O. The Morgan fingerprint density at radius 1 is 0.329 bits per heavy atom. The Bertz CT molecular complexity index is 4430. The Kier molecular flexibility index (Phi) is 9.85. The maximum absolute atomic E-state index is 6.49. The van der Waals surface area contributed by atoms with E-state index in [1.807, 2.05) is 66.9 Å². The largest absolute Gasteiger partial charge is 0.455 e. The number of pyridine rings is 1. The van der Waals surface area contributed by atoms with Gasteiger partial charge >= 0.3 is 0 Å². The van der Waals surface area contributed by atoms with Crippen LogP contribution < -0.4 is 0 Å². The average Bonchev–Trinajstić information content (AvgIpc) is 4.33. The number of furan rings is 1. The number of para-hydroxylation sites is 2. The number of hydrogen-bond donors (Lipinski definition) is 0. The highest BCUT2D eigenvalue weighted by atomic mass is 16.3. The molecule has 0 atom stereocenters. The lowest BCUT2D eigenvalue weighted by atomic mass is 9.70. The molecule has 5 nitrogen and oxygen atoms in total. The number of aromatic nitrogens is 4. The van der Waals surface area contributed by atoms with E-state index < -0.39 is 5.41 Å². The number of aryl methyl sites for hydroxylation is 2. The van der Waals surface area contributed by atoms with E-state index in [9.17, 15) is 0 Å². The SMILES string of the molecule is Cc1cc(C)cc(-c2ccccc2-c2ccc(-c3ccc(-c4nc(-c5ccccc5)nc(-c5cccc6c5oc5ccccc56)n4)cn3)cc2-c2cccc3c2-c2ccccc2C32c3ccccc3-c3ccccc32)c1. The van der Waals surface area contributed by atoms with Crippen LogP contribution in [0.25, 0.3) is 123 Å². The molecule has 2 aliphatic carbocycles. The molecule has 0 radical (unpaired) electrons. The lowest BCUT2D eigenvalue weighted by molar-refractivity contribution is 0.669. The number of hydrogen-bond acceptors (Lipinski definition) is 5. The van der Waals surface area contributed by atoms with Crippen molar-refractivity contribution in [2.75, 3.05) is 0 Å². The van der Waals surface area contributed by atoms with Gasteiger partial charge in [0, 0.05) is 33.7 Å². The minimum atomic E-state index is -0.477. The van der Waals surface area contributed by atoms with Gasteiger partial charge in [-0.25, -0.2) is 15.0 Å². The van der Waals surface area contributed by atoms with Crippen LogP contribution in [0.4, 0.5) is 0 Å². The first kappa shape index (κ1) is 43.7. The van der Waals surface area contributed by atoms with Crippen molar-refractivity contribution >= 4 is 21.9 Å². The molecule has 3 aromatic heterocycles. The predicted octanol–water partition coefficient (Wildman–Crippen LogP) is 17.8. The summed E-state index contributed by atoms with van der Waals surface area (Å²) in [7, 11) is 0. The van der Waals surface area contributed by atoms with Gasteiger partial charge in [0.15, 0.2) is 17.5 Å². The van der Waals surface area contributed by atoms with Gasteiger partial charge < -0.3 is 4.42 Å². The molecule has 5 heteroatoms. The summed E-state index contributed by atoms with van der Waals surface area (Å²) in [5.41, 5.74) is 25.3. The molecule has 0 unspecified atom stereocenters. The zero-order valence-corrected chi connectivity index (χ0v) is 41.8. The van der Waals surface area contributed by atoms with Gasteiger partial charge in [-0.15, -0.1) is 0 Å². The van der Waals surface area contributed by atoms with E-state index in [0.29, 0.717) is 17.5 Å². The third-order valence-electron chi connectivity index (χ3n) is 15.7. The number of benzene rings is 10. The molecule has 0 N–H and O–H groups in total. The molecule has 13 aromatic rings. The molecule has 1 spiro atoms. The van der Waals surface area contributed by atoms with Crippen LogP contribution in [0.1, 0.15) is 33.4 Å². The lowest BCUT2D eigenvalue weighted by Crippen LogP contribution is -2.25. The van der Waals surface area contributed by atoms with Crippen molar-refractivity contribution in [3.63, 3.8) is 0 Å². The maximum Gasteiger partial charge on any atom is 0.167 e. The first-order valence-corrected chi connectivity index (χ1v) is 25.9. The molecule has 76 heavy (non-hydrogen) atoms. The Morgan fingerprint density at radius 2 is 0.868 bits per heavy atom. The first-order chi connectivity index (χ1) is 37.5. The predicted molar refractivity (Wildman–Crippen MR) is 309 cm³/mol. The van der Waals surface area contributed by atoms with E-state index in [-0.39, 0.29) is 0 Å². The third-order valence-corrected chi connectivity index (χ3v) is 15.7. The summed E-state index contributed by atoms with van der Waals surface area (Å²) < 4.78 is 6.49. The van der Waals surface area contributed by atoms with E-state index >= 15 is 0 Å². The first-order valence-electron chi connectivity index (χ1n) is 25.9. The average molecular weight is 971 g/mol. The molecule has 0 aliphatic heterocycles. The highest BCUT2D eigenvalue weighted by molar-refractivity contribution is 6.09. The van der Waals surface area contributed by atoms with Crippen molar-refractivity contribution in [3.8, 4) is 101 Å². The van der Waals surface area contributed by atoms with E-state index in [1.165, 1.54) is 77.9 Å². The summed E-state index contributed by atoms with van der Waals surface area (Å²) >= 11 is 0. The van der Waals surface area contributed by atoms with Gasteiger partial charge in [-0.1, -0.05) is 217 Å². The van der Waals surface area contributed by atoms with Gasteiger partial charge in [-0.3, -0.25) is 4.98 Å². The third kappa shape index (κ3) is 6.65. The molecule has 2 aliphatic rings. The van der Waals surface area contributed by atoms with Gasteiger partial charge in [0.1, 0.15) is 11.2 Å². The van der Waals surface area contributed by atoms with E-state index in [2.05, 4.69) is 190 Å². The summed E-state index contributed by atoms with van der Waals surface area (Å²) in [6, 6.07) is 85.2. The summed E-state index contributed by atoms with van der Waals surface area (Å²) in [4.78, 5) is 20.5. The van der Waals surface area contributed by atoms with E-state index in [0.717, 1.165) is 61.0 Å². The smallest absolute Gasteiger partial charge is 0.167 e. The zero-order valence-electron chi connectivity index (χ0n) is 41.8. The van der Waals surface area contributed by atoms with Crippen LogP contribution in [-0.2, 0) is 5.41 Å². The molecular weight excluding hydrogens is 925 g/mol. The highest BCUT2D eigenvalue weighted by Crippen LogP contribution is 2.64. The minimum Gasteiger partial charge on any atom is -0.455 e. The summed E-state index contributed by atoms with van der Waals surface area (Å²) in [5, 5.41) is 2.06. The second kappa shape index (κ2) is 17.1. The van der Waals surface area contributed by atoms with E-state index in [4.69, 9.17) is 24.4 Å². The summed E-state index contributed by atoms with van der Waals surface area (Å²) in [6.45, 7) is 4.37. The highest BCUT2D eigenvalue weighted by Gasteiger charge is 2.52. The second-order valence-electron chi connectivity index (χ2n) is 20.2. The van der Waals surface area contributed by atoms with E-state index in [1.54, 1.807) is 0 Å². The van der Waals surface area contributed by atoms with Gasteiger partial charge in [-0.05, 0) is 122 Å². The molecule has 0 bridgehead atoms. The van der Waals surface area contributed by atoms with Crippen molar-refractivity contribution in [1.82, 2.24) is 19.9 Å². The fourth-order valence-corrected chi connectivity index (χ4v) is 12.6. The standard InChI is InChI=1S/C71H46N4O/c1-43-38-44(2)40-48(39-43)49-20-6-7-21-50(49)51-36-34-46(41-59(51)55-26-17-32-63-66(55)57-25-10-14-31-62(57)71(63)60-29-12-8-22-52(60)53-23-9-13-30-61(53)71)64-37-35-47(42-72-64)69-73-68(45-18-4-3-5-19-45)74-70(75-69)58-28-16-27-56-54-24-11-15-33-65(54)76-67(56)58/h3-42H,1-2H3. The van der Waals surface area contributed by atoms with Gasteiger partial charge in [0.05, 0.1) is 16.7 Å². The lowest BCUT2D eigenvalue weighted by Gasteiger charge is -2.30. The molecule has 0 saturated heterocycles. The Balaban J connectivity index is 0.915. The molecule has 3 heterocycles. The van der Waals surface area contributed by atoms with Crippen molar-refractivity contribution in [1.29, 1.82) is 0 Å². The Morgan fingerprint density at radius 3 is 1.61 bits per heavy atom. The molecule has 356 valence electrons. The minimum absolute atomic E-state index is 0.477. The molecule has 0 amide bonds. The number of rotatable bonds is 7. The van der Waals surface area contributed by atoms with Crippen LogP contribution in [0, 0.1) is 13.8 Å². The van der Waals surface area contributed by atoms with Crippen LogP contribution in [0.15, 0.2) is 247 Å². The van der Waals surface area contributed by atoms with Crippen molar-refractivity contribution in [3.05, 3.63) is 276 Å². The number of nitrogens with zero attached hydrogens (tertiary/aromatic N) is 4. The van der Waals surface area contributed by atoms with Crippen molar-refractivity contribution in [2.24, 2.45) is 0 Å². The van der Waals surface area contributed by atoms with Gasteiger partial charge in [0.2, 0.25) is 0 Å². The monoisotopic (exact) mass is 970 g/mol. The fraction of sp³-hybridized carbons (Fsp3) is 0.0423. The second-order valence-corrected chi connectivity index (χ2v) is 20.2. The normalized spacial score (nSPS) is 12.7. The van der Waals surface area contributed by atoms with Crippen LogP contribution in [0.3, 0.4) is 0 Å². The maximum atomic E-state index is 6.49. The topological polar surface area (TPSA) is 64.7 Å². The zero-order chi connectivity index (χ0) is 50.5. The summed E-state index contributed by atoms with van der Waals surface area (Å²) in [6.07, 6.45) is 1.89. The van der Waals surface area contributed by atoms with Crippen LogP contribution in [-0.4, -0.2) is 19.9 Å². The van der Waals surface area contributed by atoms with Crippen LogP contribution in [0.5, 0.6) is 0 Å². The summed E-state index contributed by atoms with van der Waals surface area (Å²) in [5.74, 6) is 1.63. The number of fused-ring (bicyclic) bond motifs is 13. The van der Waals surface area contributed by atoms with Crippen LogP contribution >= 0.6 is 0 Å². The molecule has 10 aromatic carbocycles. The van der Waals surface area contributed by atoms with Gasteiger partial charge in [0.25, 0.3) is 0 Å². The fourth-order valence-electron chi connectivity index (χ4n) is 12.6. The quantitative estimate of drug-likeness (QED) is 0.159. The van der Waals surface area contributed by atoms with Crippen molar-refractivity contribution < 1.29 is 4.42 Å². The Labute approximate surface area is 440 Å².